The van der Waals surface area contributed by atoms with Gasteiger partial charge in [-0.05, 0) is 28.8 Å². The number of nitrogens with zero attached hydrogens (tertiary/aromatic N) is 5. The lowest BCUT2D eigenvalue weighted by atomic mass is 10.1. The first-order valence-electron chi connectivity index (χ1n) is 9.62. The largest absolute Gasteiger partial charge is 0.480 e. The van der Waals surface area contributed by atoms with E-state index in [2.05, 4.69) is 69.4 Å². The molecule has 0 radical (unpaired) electrons. The highest BCUT2D eigenvalue weighted by atomic mass is 16.4. The maximum atomic E-state index is 10.6. The molecule has 0 fully saturated rings. The Kier molecular flexibility index (Phi) is 6.73. The Bertz CT molecular complexity index is 1170. The van der Waals surface area contributed by atoms with Gasteiger partial charge in [-0.25, -0.2) is 0 Å². The van der Waals surface area contributed by atoms with Crippen LogP contribution in [0.1, 0.15) is 12.5 Å². The number of hydrogen-bond donors (Lipinski definition) is 4. The van der Waals surface area contributed by atoms with Crippen molar-refractivity contribution in [3.63, 3.8) is 0 Å². The van der Waals surface area contributed by atoms with Crippen LogP contribution in [0.2, 0.25) is 0 Å². The van der Waals surface area contributed by atoms with Gasteiger partial charge in [-0.1, -0.05) is 49.4 Å². The van der Waals surface area contributed by atoms with Crippen LogP contribution >= 0.6 is 0 Å². The summed E-state index contributed by atoms with van der Waals surface area (Å²) in [6.45, 7) is 2.22. The molecule has 0 spiro atoms. The molecule has 0 amide bonds. The third-order valence-electron chi connectivity index (χ3n) is 4.46. The second-order valence-corrected chi connectivity index (χ2v) is 6.78. The molecule has 160 valence electrons. The average molecular weight is 420 g/mol. The number of nitrogen functional groups attached to an aromatic ring is 2. The molecule has 2 aromatic carbocycles. The number of carbonyl (C=O) groups is 1. The molecule has 10 nitrogen and oxygen atoms in total. The zero-order valence-electron chi connectivity index (χ0n) is 17.0. The van der Waals surface area contributed by atoms with Gasteiger partial charge in [0, 0.05) is 6.20 Å². The third-order valence-corrected chi connectivity index (χ3v) is 4.46. The SMILES string of the molecule is CCc1ccc2ccccc2c1.Nc1nc(N)nc(-c2ccn(CC(N)C(=O)O)n2)n1. The van der Waals surface area contributed by atoms with Gasteiger partial charge in [-0.3, -0.25) is 9.48 Å². The van der Waals surface area contributed by atoms with Crippen LogP contribution in [0.5, 0.6) is 0 Å². The molecule has 31 heavy (non-hydrogen) atoms. The van der Waals surface area contributed by atoms with Crippen molar-refractivity contribution in [1.82, 2.24) is 24.7 Å². The summed E-state index contributed by atoms with van der Waals surface area (Å²) in [4.78, 5) is 22.0. The number of aromatic nitrogens is 5. The van der Waals surface area contributed by atoms with Crippen LogP contribution in [0, 0.1) is 0 Å². The maximum Gasteiger partial charge on any atom is 0.322 e. The van der Waals surface area contributed by atoms with Gasteiger partial charge >= 0.3 is 5.97 Å². The smallest absolute Gasteiger partial charge is 0.322 e. The number of rotatable bonds is 5. The summed E-state index contributed by atoms with van der Waals surface area (Å²) in [5.74, 6) is -0.920. The Hall–Kier alpha value is -4.05. The standard InChI is InChI=1S/C12H12.C9H12N8O2/c1-2-10-7-8-11-5-3-4-6-12(11)9-10;10-4(7(18)19)3-17-2-1-5(16-17)6-13-8(11)15-9(12)14-6/h3-9H,2H2,1H3;1-2,4H,3,10H2,(H,18,19)(H4,11,12,13,14,15). The molecule has 0 saturated carbocycles. The lowest BCUT2D eigenvalue weighted by Crippen LogP contribution is -2.34. The summed E-state index contributed by atoms with van der Waals surface area (Å²) in [6, 6.07) is 15.7. The van der Waals surface area contributed by atoms with E-state index >= 15 is 0 Å². The molecule has 0 aliphatic carbocycles. The molecule has 2 aromatic heterocycles. The van der Waals surface area contributed by atoms with Crippen LogP contribution in [0.4, 0.5) is 11.9 Å². The summed E-state index contributed by atoms with van der Waals surface area (Å²) in [6.07, 6.45) is 2.68. The van der Waals surface area contributed by atoms with Gasteiger partial charge < -0.3 is 22.3 Å². The molecule has 0 aliphatic heterocycles. The lowest BCUT2D eigenvalue weighted by Gasteiger charge is -2.05. The van der Waals surface area contributed by atoms with Crippen LogP contribution in [0.25, 0.3) is 22.3 Å². The number of hydrogen-bond acceptors (Lipinski definition) is 8. The van der Waals surface area contributed by atoms with Crippen LogP contribution in [-0.4, -0.2) is 41.9 Å². The van der Waals surface area contributed by atoms with Crippen molar-refractivity contribution < 1.29 is 9.90 Å². The van der Waals surface area contributed by atoms with Gasteiger partial charge in [0.1, 0.15) is 11.7 Å². The highest BCUT2D eigenvalue weighted by Gasteiger charge is 2.14. The molecule has 1 unspecified atom stereocenters. The Morgan fingerprint density at radius 1 is 1.03 bits per heavy atom. The molecule has 0 aliphatic rings. The molecule has 1 atom stereocenters. The molecule has 7 N–H and O–H groups in total. The number of nitrogens with two attached hydrogens (primary N) is 3. The van der Waals surface area contributed by atoms with E-state index in [1.807, 2.05) is 0 Å². The first-order valence-corrected chi connectivity index (χ1v) is 9.62. The van der Waals surface area contributed by atoms with Crippen molar-refractivity contribution in [1.29, 1.82) is 0 Å². The quantitative estimate of drug-likeness (QED) is 0.375. The summed E-state index contributed by atoms with van der Waals surface area (Å²) < 4.78 is 1.38. The Balaban J connectivity index is 0.000000194. The van der Waals surface area contributed by atoms with E-state index in [4.69, 9.17) is 22.3 Å². The Labute approximate surface area is 178 Å². The molecule has 4 aromatic rings. The van der Waals surface area contributed by atoms with Crippen LogP contribution in [-0.2, 0) is 17.8 Å². The van der Waals surface area contributed by atoms with Crippen molar-refractivity contribution >= 4 is 28.6 Å². The molecular formula is C21H24N8O2. The number of aliphatic carboxylic acids is 1. The van der Waals surface area contributed by atoms with Crippen molar-refractivity contribution in [2.24, 2.45) is 5.73 Å². The van der Waals surface area contributed by atoms with Crippen molar-refractivity contribution in [2.75, 3.05) is 11.5 Å². The van der Waals surface area contributed by atoms with E-state index in [1.165, 1.54) is 21.0 Å². The van der Waals surface area contributed by atoms with Gasteiger partial charge in [0.05, 0.1) is 6.54 Å². The summed E-state index contributed by atoms with van der Waals surface area (Å²) in [7, 11) is 0. The number of aryl methyl sites for hydroxylation is 1. The lowest BCUT2D eigenvalue weighted by molar-refractivity contribution is -0.138. The average Bonchev–Trinajstić information content (AvgIpc) is 3.21. The molecule has 10 heteroatoms. The van der Waals surface area contributed by atoms with E-state index in [9.17, 15) is 4.79 Å². The molecule has 4 rings (SSSR count). The first kappa shape index (κ1) is 21.7. The van der Waals surface area contributed by atoms with Gasteiger partial charge in [0.15, 0.2) is 5.82 Å². The zero-order valence-corrected chi connectivity index (χ0v) is 17.0. The number of carboxylic acid groups (broad SMARTS) is 1. The second-order valence-electron chi connectivity index (χ2n) is 6.78. The van der Waals surface area contributed by atoms with Gasteiger partial charge in [-0.2, -0.15) is 20.1 Å². The zero-order chi connectivity index (χ0) is 22.4. The van der Waals surface area contributed by atoms with Crippen LogP contribution in [0.15, 0.2) is 54.7 Å². The van der Waals surface area contributed by atoms with Crippen molar-refractivity contribution in [3.05, 3.63) is 60.3 Å². The summed E-state index contributed by atoms with van der Waals surface area (Å²) in [5, 5.41) is 15.5. The monoisotopic (exact) mass is 420 g/mol. The van der Waals surface area contributed by atoms with Crippen LogP contribution in [0.3, 0.4) is 0 Å². The first-order chi connectivity index (χ1) is 14.9. The Morgan fingerprint density at radius 3 is 2.35 bits per heavy atom. The Morgan fingerprint density at radius 2 is 1.71 bits per heavy atom. The van der Waals surface area contributed by atoms with E-state index in [1.54, 1.807) is 12.3 Å². The number of carboxylic acids is 1. The molecule has 0 bridgehead atoms. The topological polar surface area (TPSA) is 172 Å². The van der Waals surface area contributed by atoms with Crippen molar-refractivity contribution in [2.45, 2.75) is 25.9 Å². The third kappa shape index (κ3) is 5.73. The van der Waals surface area contributed by atoms with E-state index in [0.717, 1.165) is 6.42 Å². The predicted molar refractivity (Wildman–Crippen MR) is 119 cm³/mol. The van der Waals surface area contributed by atoms with Gasteiger partial charge in [0.25, 0.3) is 0 Å². The van der Waals surface area contributed by atoms with E-state index in [0.29, 0.717) is 5.69 Å². The fraction of sp³-hybridized carbons (Fsp3) is 0.190. The predicted octanol–water partition coefficient (Wildman–Crippen LogP) is 1.71. The minimum absolute atomic E-state index is 0.0145. The highest BCUT2D eigenvalue weighted by Crippen LogP contribution is 2.15. The fourth-order valence-electron chi connectivity index (χ4n) is 2.84. The second kappa shape index (κ2) is 9.63. The van der Waals surface area contributed by atoms with Gasteiger partial charge in [0.2, 0.25) is 11.9 Å². The van der Waals surface area contributed by atoms with Gasteiger partial charge in [-0.15, -0.1) is 0 Å². The molecule has 0 saturated heterocycles. The number of anilines is 2. The molecular weight excluding hydrogens is 396 g/mol. The van der Waals surface area contributed by atoms with Crippen LogP contribution < -0.4 is 17.2 Å². The van der Waals surface area contributed by atoms with E-state index < -0.39 is 12.0 Å². The minimum Gasteiger partial charge on any atom is -0.480 e. The summed E-state index contributed by atoms with van der Waals surface area (Å²) >= 11 is 0. The van der Waals surface area contributed by atoms with E-state index in [-0.39, 0.29) is 24.3 Å². The fourth-order valence-corrected chi connectivity index (χ4v) is 2.84. The maximum absolute atomic E-state index is 10.6. The number of benzene rings is 2. The summed E-state index contributed by atoms with van der Waals surface area (Å²) in [5.41, 5.74) is 18.1. The molecule has 2 heterocycles. The highest BCUT2D eigenvalue weighted by molar-refractivity contribution is 5.82. The normalized spacial score (nSPS) is 11.5. The number of fused-ring (bicyclic) bond motifs is 1. The minimum atomic E-state index is -1.11. The van der Waals surface area contributed by atoms with Crippen molar-refractivity contribution in [3.8, 4) is 11.5 Å².